The van der Waals surface area contributed by atoms with Gasteiger partial charge >= 0.3 is 0 Å². The zero-order chi connectivity index (χ0) is 12.8. The summed E-state index contributed by atoms with van der Waals surface area (Å²) in [5.41, 5.74) is 10.6. The lowest BCUT2D eigenvalue weighted by atomic mass is 9.82. The molecular formula is C12H24N4O. The summed E-state index contributed by atoms with van der Waals surface area (Å²) in [5.74, 6) is 1.58. The first-order valence-electron chi connectivity index (χ1n) is 6.26. The van der Waals surface area contributed by atoms with E-state index in [9.17, 15) is 4.79 Å². The number of guanidine groups is 1. The fraction of sp³-hybridized carbons (Fsp3) is 0.833. The largest absolute Gasteiger partial charge is 0.370 e. The molecule has 0 radical (unpaired) electrons. The number of hydrogen-bond donors (Lipinski definition) is 2. The molecule has 0 aromatic heterocycles. The summed E-state index contributed by atoms with van der Waals surface area (Å²) in [6.07, 6.45) is 4.66. The molecule has 0 spiro atoms. The molecule has 0 bridgehead atoms. The lowest BCUT2D eigenvalue weighted by Gasteiger charge is -2.30. The van der Waals surface area contributed by atoms with Crippen LogP contribution in [0.15, 0.2) is 4.99 Å². The van der Waals surface area contributed by atoms with Gasteiger partial charge in [0.1, 0.15) is 0 Å². The van der Waals surface area contributed by atoms with Crippen LogP contribution in [0.5, 0.6) is 0 Å². The zero-order valence-corrected chi connectivity index (χ0v) is 10.9. The van der Waals surface area contributed by atoms with Crippen LogP contribution in [-0.2, 0) is 4.79 Å². The molecule has 0 saturated heterocycles. The van der Waals surface area contributed by atoms with Gasteiger partial charge in [0.05, 0.1) is 0 Å². The van der Waals surface area contributed by atoms with Crippen molar-refractivity contribution in [3.63, 3.8) is 0 Å². The number of hydrogen-bond acceptors (Lipinski definition) is 2. The van der Waals surface area contributed by atoms with Crippen molar-refractivity contribution < 1.29 is 4.79 Å². The van der Waals surface area contributed by atoms with Crippen molar-refractivity contribution in [1.29, 1.82) is 0 Å². The predicted octanol–water partition coefficient (Wildman–Crippen LogP) is 0.545. The summed E-state index contributed by atoms with van der Waals surface area (Å²) in [4.78, 5) is 17.0. The number of carbonyl (C=O) groups excluding carboxylic acids is 1. The van der Waals surface area contributed by atoms with Crippen LogP contribution in [0, 0.1) is 11.8 Å². The lowest BCUT2D eigenvalue weighted by molar-refractivity contribution is -0.128. The van der Waals surface area contributed by atoms with Crippen LogP contribution >= 0.6 is 0 Å². The maximum absolute atomic E-state index is 11.1. The first kappa shape index (κ1) is 13.8. The molecule has 1 rings (SSSR count). The molecule has 5 nitrogen and oxygen atoms in total. The van der Waals surface area contributed by atoms with E-state index < -0.39 is 0 Å². The van der Waals surface area contributed by atoms with Crippen molar-refractivity contribution in [2.45, 2.75) is 32.6 Å². The fourth-order valence-electron chi connectivity index (χ4n) is 2.35. The van der Waals surface area contributed by atoms with Gasteiger partial charge in [0.15, 0.2) is 5.96 Å². The summed E-state index contributed by atoms with van der Waals surface area (Å²) in [6, 6.07) is 0. The van der Waals surface area contributed by atoms with Gasteiger partial charge in [0, 0.05) is 27.1 Å². The maximum atomic E-state index is 11.1. The Morgan fingerprint density at radius 1 is 1.24 bits per heavy atom. The minimum Gasteiger partial charge on any atom is -0.370 e. The van der Waals surface area contributed by atoms with Gasteiger partial charge in [-0.15, -0.1) is 0 Å². The predicted molar refractivity (Wildman–Crippen MR) is 69.4 cm³/mol. The second kappa shape index (κ2) is 6.47. The van der Waals surface area contributed by atoms with Crippen LogP contribution in [0.1, 0.15) is 32.6 Å². The second-order valence-corrected chi connectivity index (χ2v) is 5.05. The average Bonchev–Trinajstić information content (AvgIpc) is 2.28. The minimum atomic E-state index is 0.146. The first-order chi connectivity index (χ1) is 7.99. The first-order valence-corrected chi connectivity index (χ1v) is 6.26. The van der Waals surface area contributed by atoms with Gasteiger partial charge < -0.3 is 16.4 Å². The zero-order valence-electron chi connectivity index (χ0n) is 10.9. The Morgan fingerprint density at radius 3 is 2.24 bits per heavy atom. The fourth-order valence-corrected chi connectivity index (χ4v) is 2.35. The smallest absolute Gasteiger partial charge is 0.219 e. The number of rotatable bonds is 4. The highest BCUT2D eigenvalue weighted by molar-refractivity contribution is 5.75. The van der Waals surface area contributed by atoms with E-state index in [4.69, 9.17) is 11.5 Å². The lowest BCUT2D eigenvalue weighted by Crippen LogP contribution is -2.32. The normalized spacial score (nSPS) is 24.1. The summed E-state index contributed by atoms with van der Waals surface area (Å²) in [5, 5.41) is 0. The Bertz CT molecular complexity index is 278. The van der Waals surface area contributed by atoms with Gasteiger partial charge in [-0.2, -0.15) is 0 Å². The van der Waals surface area contributed by atoms with Crippen LogP contribution in [0.3, 0.4) is 0 Å². The van der Waals surface area contributed by atoms with Crippen LogP contribution in [0.25, 0.3) is 0 Å². The Balaban J connectivity index is 2.26. The maximum Gasteiger partial charge on any atom is 0.219 e. The van der Waals surface area contributed by atoms with Crippen molar-refractivity contribution in [2.24, 2.45) is 28.3 Å². The van der Waals surface area contributed by atoms with E-state index in [1.807, 2.05) is 7.05 Å². The van der Waals surface area contributed by atoms with Crippen molar-refractivity contribution in [3.05, 3.63) is 0 Å². The Labute approximate surface area is 103 Å². The molecule has 5 heteroatoms. The van der Waals surface area contributed by atoms with Crippen LogP contribution < -0.4 is 11.5 Å². The highest BCUT2D eigenvalue weighted by atomic mass is 16.2. The van der Waals surface area contributed by atoms with Crippen molar-refractivity contribution in [1.82, 2.24) is 4.90 Å². The van der Waals surface area contributed by atoms with E-state index in [0.717, 1.165) is 25.9 Å². The molecule has 1 amide bonds. The molecule has 1 aliphatic carbocycles. The van der Waals surface area contributed by atoms with E-state index in [1.165, 1.54) is 12.8 Å². The van der Waals surface area contributed by atoms with Crippen LogP contribution in [-0.4, -0.2) is 36.9 Å². The Kier molecular flexibility index (Phi) is 5.25. The van der Waals surface area contributed by atoms with Gasteiger partial charge in [-0.25, -0.2) is 0 Å². The number of amides is 1. The van der Waals surface area contributed by atoms with Crippen molar-refractivity contribution >= 4 is 11.9 Å². The summed E-state index contributed by atoms with van der Waals surface area (Å²) >= 11 is 0. The molecule has 0 heterocycles. The third-order valence-electron chi connectivity index (χ3n) is 3.57. The number of nitrogens with zero attached hydrogens (tertiary/aromatic N) is 2. The monoisotopic (exact) mass is 240 g/mol. The molecule has 0 aromatic rings. The third-order valence-corrected chi connectivity index (χ3v) is 3.57. The van der Waals surface area contributed by atoms with Crippen molar-refractivity contribution in [3.8, 4) is 0 Å². The molecule has 1 saturated carbocycles. The summed E-state index contributed by atoms with van der Waals surface area (Å²) in [7, 11) is 1.87. The van der Waals surface area contributed by atoms with E-state index in [2.05, 4.69) is 4.99 Å². The molecule has 1 aliphatic rings. The molecule has 4 N–H and O–H groups in total. The van der Waals surface area contributed by atoms with E-state index in [0.29, 0.717) is 11.8 Å². The Hall–Kier alpha value is -1.26. The summed E-state index contributed by atoms with van der Waals surface area (Å²) in [6.45, 7) is 3.24. The van der Waals surface area contributed by atoms with E-state index >= 15 is 0 Å². The topological polar surface area (TPSA) is 84.7 Å². The van der Waals surface area contributed by atoms with E-state index in [1.54, 1.807) is 11.8 Å². The molecule has 98 valence electrons. The summed E-state index contributed by atoms with van der Waals surface area (Å²) < 4.78 is 0. The highest BCUT2D eigenvalue weighted by Crippen LogP contribution is 2.29. The molecule has 0 atom stereocenters. The third kappa shape index (κ3) is 5.06. The Morgan fingerprint density at radius 2 is 1.76 bits per heavy atom. The van der Waals surface area contributed by atoms with Gasteiger partial charge in [-0.1, -0.05) is 0 Å². The molecule has 0 unspecified atom stereocenters. The van der Waals surface area contributed by atoms with Gasteiger partial charge in [-0.3, -0.25) is 9.79 Å². The molecular weight excluding hydrogens is 216 g/mol. The van der Waals surface area contributed by atoms with Crippen LogP contribution in [0.4, 0.5) is 0 Å². The second-order valence-electron chi connectivity index (χ2n) is 5.05. The molecule has 0 aromatic carbocycles. The molecule has 0 aliphatic heterocycles. The minimum absolute atomic E-state index is 0.146. The number of nitrogens with two attached hydrogens (primary N) is 2. The molecule has 17 heavy (non-hydrogen) atoms. The standard InChI is InChI=1S/C12H24N4O/c1-9(17)16(2)8-11-5-3-10(4-6-11)7-15-12(13)14/h10-11H,3-8H2,1-2H3,(H4,13,14,15). The average molecular weight is 240 g/mol. The SMILES string of the molecule is CC(=O)N(C)CC1CCC(CN=C(N)N)CC1. The van der Waals surface area contributed by atoms with Crippen molar-refractivity contribution in [2.75, 3.05) is 20.1 Å². The van der Waals surface area contributed by atoms with Gasteiger partial charge in [0.2, 0.25) is 5.91 Å². The molecule has 1 fully saturated rings. The number of carbonyl (C=O) groups is 1. The highest BCUT2D eigenvalue weighted by Gasteiger charge is 2.22. The van der Waals surface area contributed by atoms with Crippen LogP contribution in [0.2, 0.25) is 0 Å². The quantitative estimate of drug-likeness (QED) is 0.555. The van der Waals surface area contributed by atoms with E-state index in [-0.39, 0.29) is 11.9 Å². The van der Waals surface area contributed by atoms with Gasteiger partial charge in [-0.05, 0) is 37.5 Å². The van der Waals surface area contributed by atoms with Gasteiger partial charge in [0.25, 0.3) is 0 Å². The number of aliphatic imine (C=N–C) groups is 1.